The molecule has 0 aromatic heterocycles. The fourth-order valence-electron chi connectivity index (χ4n) is 7.71. The highest BCUT2D eigenvalue weighted by Gasteiger charge is 2.78. The van der Waals surface area contributed by atoms with Gasteiger partial charge in [0.2, 0.25) is 11.8 Å². The van der Waals surface area contributed by atoms with E-state index in [1.54, 1.807) is 26.9 Å². The number of ether oxygens (including phenoxy) is 1. The second-order valence-electron chi connectivity index (χ2n) is 12.6. The minimum Gasteiger partial charge on any atom is -0.396 e. The van der Waals surface area contributed by atoms with Crippen molar-refractivity contribution in [3.63, 3.8) is 0 Å². The van der Waals surface area contributed by atoms with Crippen molar-refractivity contribution in [2.45, 2.75) is 70.1 Å². The molecule has 3 heterocycles. The van der Waals surface area contributed by atoms with Crippen molar-refractivity contribution in [2.75, 3.05) is 36.0 Å². The molecule has 3 aliphatic rings. The van der Waals surface area contributed by atoms with Crippen LogP contribution in [0.4, 0.5) is 11.4 Å². The van der Waals surface area contributed by atoms with Crippen LogP contribution in [0.5, 0.6) is 0 Å². The van der Waals surface area contributed by atoms with Gasteiger partial charge in [-0.05, 0) is 82.2 Å². The molecular formula is C36H45N3O5. The second kappa shape index (κ2) is 12.7. The fourth-order valence-corrected chi connectivity index (χ4v) is 7.71. The molecule has 3 aliphatic heterocycles. The summed E-state index contributed by atoms with van der Waals surface area (Å²) in [7, 11) is 0. The Bertz CT molecular complexity index is 1430. The van der Waals surface area contributed by atoms with E-state index in [1.165, 1.54) is 0 Å². The van der Waals surface area contributed by atoms with E-state index in [0.717, 1.165) is 22.5 Å². The van der Waals surface area contributed by atoms with Crippen molar-refractivity contribution in [2.24, 2.45) is 11.8 Å². The molecule has 0 saturated carbocycles. The van der Waals surface area contributed by atoms with Gasteiger partial charge in [-0.1, -0.05) is 42.5 Å². The Morgan fingerprint density at radius 1 is 1.00 bits per heavy atom. The van der Waals surface area contributed by atoms with Gasteiger partial charge >= 0.3 is 0 Å². The summed E-state index contributed by atoms with van der Waals surface area (Å²) in [5.41, 5.74) is 1.44. The van der Waals surface area contributed by atoms with E-state index in [4.69, 9.17) is 4.74 Å². The van der Waals surface area contributed by atoms with Gasteiger partial charge < -0.3 is 24.5 Å². The molecule has 2 unspecified atom stereocenters. The number of hydrogen-bond donors (Lipinski definition) is 1. The van der Waals surface area contributed by atoms with Crippen LogP contribution in [0.2, 0.25) is 0 Å². The van der Waals surface area contributed by atoms with Crippen molar-refractivity contribution in [3.8, 4) is 0 Å². The van der Waals surface area contributed by atoms with Crippen LogP contribution in [-0.2, 0) is 19.1 Å². The average Bonchev–Trinajstić information content (AvgIpc) is 3.58. The monoisotopic (exact) mass is 599 g/mol. The number of hydrogen-bond acceptors (Lipinski definition) is 5. The van der Waals surface area contributed by atoms with E-state index in [1.807, 2.05) is 69.3 Å². The van der Waals surface area contributed by atoms with Crippen LogP contribution in [0.15, 0.2) is 73.8 Å². The molecule has 3 saturated heterocycles. The second-order valence-corrected chi connectivity index (χ2v) is 12.6. The number of para-hydroxylation sites is 1. The van der Waals surface area contributed by atoms with Crippen LogP contribution >= 0.6 is 0 Å². The number of amides is 3. The molecule has 0 radical (unpaired) electrons. The molecule has 2 aromatic carbocycles. The van der Waals surface area contributed by atoms with Gasteiger partial charge in [-0.25, -0.2) is 0 Å². The van der Waals surface area contributed by atoms with Crippen LogP contribution < -0.4 is 9.80 Å². The number of nitrogens with zero attached hydrogens (tertiary/aromatic N) is 3. The smallest absolute Gasteiger partial charge is 0.253 e. The number of fused-ring (bicyclic) bond motifs is 1. The first-order valence-electron chi connectivity index (χ1n) is 15.7. The third-order valence-electron chi connectivity index (χ3n) is 9.71. The number of anilines is 2. The van der Waals surface area contributed by atoms with Gasteiger partial charge in [0.05, 0.1) is 17.4 Å². The molecule has 2 aromatic rings. The first-order valence-corrected chi connectivity index (χ1v) is 15.7. The van der Waals surface area contributed by atoms with Crippen LogP contribution in [0.1, 0.15) is 50.2 Å². The standard InChI is InChI=1S/C36H45N3O5/c1-6-20-37(27-14-10-8-11-15-27)32(41)29-30-33(42)39(22-12-9-13-23-40)31(36(30)19-18-35(29,5)44-36)34(43)38(21-7-2)28-24-25(3)16-17-26(28)4/h6-8,10-11,14-17,24,29-31,40H,1-2,9,12-13,18-23H2,3-5H3/t29-,30-,31?,35+,36?/m0/s1. The molecule has 234 valence electrons. The Hall–Kier alpha value is -3.75. The van der Waals surface area contributed by atoms with Crippen LogP contribution in [0.25, 0.3) is 0 Å². The number of carbonyl (C=O) groups is 3. The molecule has 3 fully saturated rings. The molecule has 8 heteroatoms. The van der Waals surface area contributed by atoms with Crippen molar-refractivity contribution in [3.05, 3.63) is 85.0 Å². The van der Waals surface area contributed by atoms with Crippen molar-refractivity contribution in [1.82, 2.24) is 4.90 Å². The normalized spacial score (nSPS) is 26.9. The molecular weight excluding hydrogens is 554 g/mol. The summed E-state index contributed by atoms with van der Waals surface area (Å²) in [6, 6.07) is 14.5. The number of carbonyl (C=O) groups excluding carboxylic acids is 3. The first-order chi connectivity index (χ1) is 21.1. The maximum absolute atomic E-state index is 14.9. The topological polar surface area (TPSA) is 90.4 Å². The van der Waals surface area contributed by atoms with Crippen LogP contribution in [-0.4, -0.2) is 71.2 Å². The molecule has 0 aliphatic carbocycles. The lowest BCUT2D eigenvalue weighted by Crippen LogP contribution is -2.56. The van der Waals surface area contributed by atoms with Gasteiger partial charge in [0.25, 0.3) is 5.91 Å². The minimum absolute atomic E-state index is 0.0687. The van der Waals surface area contributed by atoms with Gasteiger partial charge in [0.15, 0.2) is 0 Å². The molecule has 8 nitrogen and oxygen atoms in total. The molecule has 1 N–H and O–H groups in total. The molecule has 44 heavy (non-hydrogen) atoms. The first kappa shape index (κ1) is 31.7. The number of rotatable bonds is 13. The Balaban J connectivity index is 1.59. The zero-order valence-electron chi connectivity index (χ0n) is 26.2. The third-order valence-corrected chi connectivity index (χ3v) is 9.71. The Labute approximate surface area is 261 Å². The summed E-state index contributed by atoms with van der Waals surface area (Å²) < 4.78 is 6.90. The lowest BCUT2D eigenvalue weighted by atomic mass is 9.66. The van der Waals surface area contributed by atoms with E-state index in [-0.39, 0.29) is 37.4 Å². The maximum atomic E-state index is 14.9. The summed E-state index contributed by atoms with van der Waals surface area (Å²) in [6.07, 6.45) is 6.42. The number of aliphatic hydroxyl groups is 1. The molecule has 5 atom stereocenters. The zero-order valence-corrected chi connectivity index (χ0v) is 26.2. The van der Waals surface area contributed by atoms with E-state index < -0.39 is 29.1 Å². The average molecular weight is 600 g/mol. The molecule has 5 rings (SSSR count). The number of aryl methyl sites for hydroxylation is 2. The lowest BCUT2D eigenvalue weighted by molar-refractivity contribution is -0.144. The number of likely N-dealkylation sites (tertiary alicyclic amines) is 1. The summed E-state index contributed by atoms with van der Waals surface area (Å²) in [5, 5.41) is 9.37. The van der Waals surface area contributed by atoms with E-state index in [0.29, 0.717) is 38.6 Å². The van der Waals surface area contributed by atoms with E-state index >= 15 is 0 Å². The summed E-state index contributed by atoms with van der Waals surface area (Å²) in [5.74, 6) is -2.17. The van der Waals surface area contributed by atoms with E-state index in [2.05, 4.69) is 13.2 Å². The van der Waals surface area contributed by atoms with Crippen molar-refractivity contribution >= 4 is 29.1 Å². The quantitative estimate of drug-likeness (QED) is 0.260. The highest BCUT2D eigenvalue weighted by molar-refractivity contribution is 6.07. The Morgan fingerprint density at radius 2 is 1.70 bits per heavy atom. The SMILES string of the molecule is C=CCN(C(=O)[C@@H]1[C@H]2C(=O)N(CCCCCO)C(C(=O)N(CC=C)c3cc(C)ccc3C)C23CC[C@@]1(C)O3)c1ccccc1. The number of unbranched alkanes of at least 4 members (excludes halogenated alkanes) is 2. The van der Waals surface area contributed by atoms with Crippen LogP contribution in [0.3, 0.4) is 0 Å². The van der Waals surface area contributed by atoms with Gasteiger partial charge in [-0.3, -0.25) is 14.4 Å². The highest BCUT2D eigenvalue weighted by Crippen LogP contribution is 2.63. The van der Waals surface area contributed by atoms with Crippen molar-refractivity contribution < 1.29 is 24.2 Å². The summed E-state index contributed by atoms with van der Waals surface area (Å²) in [4.78, 5) is 49.0. The number of aliphatic hydroxyl groups excluding tert-OH is 1. The minimum atomic E-state index is -1.13. The predicted molar refractivity (Wildman–Crippen MR) is 172 cm³/mol. The number of benzene rings is 2. The van der Waals surface area contributed by atoms with Gasteiger partial charge in [-0.2, -0.15) is 0 Å². The van der Waals surface area contributed by atoms with Crippen LogP contribution in [0, 0.1) is 25.7 Å². The zero-order chi connectivity index (χ0) is 31.6. The molecule has 2 bridgehead atoms. The van der Waals surface area contributed by atoms with Gasteiger partial charge in [-0.15, -0.1) is 13.2 Å². The van der Waals surface area contributed by atoms with Gasteiger partial charge in [0.1, 0.15) is 11.6 Å². The lowest BCUT2D eigenvalue weighted by Gasteiger charge is -2.37. The maximum Gasteiger partial charge on any atom is 0.253 e. The molecule has 3 amide bonds. The van der Waals surface area contributed by atoms with Crippen molar-refractivity contribution in [1.29, 1.82) is 0 Å². The highest BCUT2D eigenvalue weighted by atomic mass is 16.5. The summed E-state index contributed by atoms with van der Waals surface area (Å²) in [6.45, 7) is 14.7. The summed E-state index contributed by atoms with van der Waals surface area (Å²) >= 11 is 0. The fraction of sp³-hybridized carbons (Fsp3) is 0.472. The Kier molecular flexibility index (Phi) is 9.14. The third kappa shape index (κ3) is 5.28. The Morgan fingerprint density at radius 3 is 2.39 bits per heavy atom. The van der Waals surface area contributed by atoms with E-state index in [9.17, 15) is 19.5 Å². The largest absolute Gasteiger partial charge is 0.396 e. The predicted octanol–water partition coefficient (Wildman–Crippen LogP) is 4.97. The molecule has 1 spiro atoms. The van der Waals surface area contributed by atoms with Gasteiger partial charge in [0, 0.05) is 37.6 Å².